The summed E-state index contributed by atoms with van der Waals surface area (Å²) in [6, 6.07) is 2.92. The van der Waals surface area contributed by atoms with E-state index >= 15 is 0 Å². The molecular formula is C10H7FN4O4. The quantitative estimate of drug-likeness (QED) is 0.651. The van der Waals surface area contributed by atoms with Crippen LogP contribution in [0.15, 0.2) is 24.4 Å². The summed E-state index contributed by atoms with van der Waals surface area (Å²) in [5.74, 6) is -1.88. The molecule has 98 valence electrons. The van der Waals surface area contributed by atoms with Crippen LogP contribution in [-0.2, 0) is 11.2 Å². The number of hydrogen-bond acceptors (Lipinski definition) is 5. The SMILES string of the molecule is O=C(O)Cc1cn(-c2cc(F)cc([N+](=O)[O-])c2)nn1. The largest absolute Gasteiger partial charge is 0.481 e. The summed E-state index contributed by atoms with van der Waals surface area (Å²) in [5, 5.41) is 26.4. The standard InChI is InChI=1S/C10H7FN4O4/c11-6-1-8(4-9(2-6)15(18)19)14-5-7(12-13-14)3-10(16)17/h1-2,4-5H,3H2,(H,16,17). The molecule has 0 radical (unpaired) electrons. The fourth-order valence-electron chi connectivity index (χ4n) is 1.46. The highest BCUT2D eigenvalue weighted by Crippen LogP contribution is 2.18. The number of carboxylic acids is 1. The summed E-state index contributed by atoms with van der Waals surface area (Å²) in [7, 11) is 0. The van der Waals surface area contributed by atoms with Crippen LogP contribution in [0.5, 0.6) is 0 Å². The second-order valence-electron chi connectivity index (χ2n) is 3.65. The summed E-state index contributed by atoms with van der Waals surface area (Å²) in [6.45, 7) is 0. The van der Waals surface area contributed by atoms with Gasteiger partial charge < -0.3 is 5.11 Å². The summed E-state index contributed by atoms with van der Waals surface area (Å²) in [6.07, 6.45) is 0.935. The van der Waals surface area contributed by atoms with Crippen LogP contribution in [0.2, 0.25) is 0 Å². The van der Waals surface area contributed by atoms with E-state index in [2.05, 4.69) is 10.3 Å². The van der Waals surface area contributed by atoms with Gasteiger partial charge in [0.05, 0.1) is 35.0 Å². The molecule has 19 heavy (non-hydrogen) atoms. The van der Waals surface area contributed by atoms with Gasteiger partial charge in [0.25, 0.3) is 5.69 Å². The molecule has 0 unspecified atom stereocenters. The normalized spacial score (nSPS) is 10.4. The molecule has 1 aromatic heterocycles. The second-order valence-corrected chi connectivity index (χ2v) is 3.65. The number of carboxylic acid groups (broad SMARTS) is 1. The van der Waals surface area contributed by atoms with Crippen molar-refractivity contribution in [1.29, 1.82) is 0 Å². The highest BCUT2D eigenvalue weighted by molar-refractivity contribution is 5.69. The van der Waals surface area contributed by atoms with Crippen LogP contribution in [0.3, 0.4) is 0 Å². The third kappa shape index (κ3) is 2.89. The molecule has 0 bridgehead atoms. The Morgan fingerprint density at radius 3 is 2.84 bits per heavy atom. The number of nitro groups is 1. The molecule has 8 nitrogen and oxygen atoms in total. The molecule has 2 rings (SSSR count). The van der Waals surface area contributed by atoms with Gasteiger partial charge in [-0.05, 0) is 0 Å². The van der Waals surface area contributed by atoms with Gasteiger partial charge in [-0.2, -0.15) is 0 Å². The number of halogens is 1. The zero-order valence-corrected chi connectivity index (χ0v) is 9.36. The summed E-state index contributed by atoms with van der Waals surface area (Å²) in [4.78, 5) is 20.4. The number of benzene rings is 1. The Bertz CT molecular complexity index is 655. The smallest absolute Gasteiger partial charge is 0.309 e. The summed E-state index contributed by atoms with van der Waals surface area (Å²) >= 11 is 0. The average molecular weight is 266 g/mol. The van der Waals surface area contributed by atoms with E-state index in [9.17, 15) is 19.3 Å². The minimum absolute atomic E-state index is 0.0934. The first-order valence-electron chi connectivity index (χ1n) is 5.04. The van der Waals surface area contributed by atoms with Crippen LogP contribution in [0, 0.1) is 15.9 Å². The van der Waals surface area contributed by atoms with Crippen molar-refractivity contribution in [3.8, 4) is 5.69 Å². The molecule has 1 aromatic carbocycles. The van der Waals surface area contributed by atoms with Crippen LogP contribution in [0.1, 0.15) is 5.69 Å². The molecular weight excluding hydrogens is 259 g/mol. The van der Waals surface area contributed by atoms with Crippen molar-refractivity contribution < 1.29 is 19.2 Å². The lowest BCUT2D eigenvalue weighted by Gasteiger charge is -2.00. The number of aromatic nitrogens is 3. The van der Waals surface area contributed by atoms with Crippen molar-refractivity contribution in [1.82, 2.24) is 15.0 Å². The van der Waals surface area contributed by atoms with E-state index in [0.717, 1.165) is 22.9 Å². The summed E-state index contributed by atoms with van der Waals surface area (Å²) in [5.41, 5.74) is -0.166. The van der Waals surface area contributed by atoms with Gasteiger partial charge in [0.2, 0.25) is 0 Å². The average Bonchev–Trinajstić information content (AvgIpc) is 2.75. The zero-order valence-electron chi connectivity index (χ0n) is 9.36. The Labute approximate surface area is 105 Å². The maximum absolute atomic E-state index is 13.2. The number of rotatable bonds is 4. The Kier molecular flexibility index (Phi) is 3.19. The van der Waals surface area contributed by atoms with Crippen molar-refractivity contribution in [2.24, 2.45) is 0 Å². The molecule has 0 amide bonds. The van der Waals surface area contributed by atoms with Crippen molar-refractivity contribution in [2.75, 3.05) is 0 Å². The van der Waals surface area contributed by atoms with Crippen LogP contribution in [0.4, 0.5) is 10.1 Å². The number of nitro benzene ring substituents is 1. The molecule has 9 heteroatoms. The molecule has 0 saturated carbocycles. The van der Waals surface area contributed by atoms with Crippen molar-refractivity contribution in [3.05, 3.63) is 46.0 Å². The van der Waals surface area contributed by atoms with Gasteiger partial charge >= 0.3 is 5.97 Å². The van der Waals surface area contributed by atoms with E-state index in [1.54, 1.807) is 0 Å². The van der Waals surface area contributed by atoms with Gasteiger partial charge in [-0.25, -0.2) is 9.07 Å². The van der Waals surface area contributed by atoms with E-state index in [4.69, 9.17) is 5.11 Å². The fourth-order valence-corrected chi connectivity index (χ4v) is 1.46. The van der Waals surface area contributed by atoms with Gasteiger partial charge in [0.15, 0.2) is 0 Å². The van der Waals surface area contributed by atoms with Gasteiger partial charge in [-0.1, -0.05) is 5.21 Å². The van der Waals surface area contributed by atoms with E-state index in [0.29, 0.717) is 0 Å². The molecule has 0 aliphatic carbocycles. The Hall–Kier alpha value is -2.84. The van der Waals surface area contributed by atoms with Crippen LogP contribution >= 0.6 is 0 Å². The van der Waals surface area contributed by atoms with Crippen molar-refractivity contribution in [2.45, 2.75) is 6.42 Å². The molecule has 0 fully saturated rings. The van der Waals surface area contributed by atoms with Gasteiger partial charge in [0, 0.05) is 12.1 Å². The maximum Gasteiger partial charge on any atom is 0.309 e. The topological polar surface area (TPSA) is 111 Å². The lowest BCUT2D eigenvalue weighted by atomic mass is 10.2. The molecule has 0 aliphatic heterocycles. The second kappa shape index (κ2) is 4.80. The number of nitrogens with zero attached hydrogens (tertiary/aromatic N) is 4. The Morgan fingerprint density at radius 2 is 2.21 bits per heavy atom. The Balaban J connectivity index is 2.38. The predicted molar refractivity (Wildman–Crippen MR) is 59.3 cm³/mol. The molecule has 0 aliphatic rings. The molecule has 0 atom stereocenters. The summed E-state index contributed by atoms with van der Waals surface area (Å²) < 4.78 is 14.3. The van der Waals surface area contributed by atoms with Gasteiger partial charge in [-0.3, -0.25) is 14.9 Å². The molecule has 1 N–H and O–H groups in total. The van der Waals surface area contributed by atoms with E-state index in [-0.39, 0.29) is 17.8 Å². The first kappa shape index (κ1) is 12.6. The monoisotopic (exact) mass is 266 g/mol. The van der Waals surface area contributed by atoms with Crippen molar-refractivity contribution >= 4 is 11.7 Å². The first-order chi connectivity index (χ1) is 8.95. The van der Waals surface area contributed by atoms with Crippen LogP contribution in [-0.4, -0.2) is 31.0 Å². The number of aliphatic carboxylic acids is 1. The highest BCUT2D eigenvalue weighted by atomic mass is 19.1. The molecule has 0 saturated heterocycles. The molecule has 1 heterocycles. The van der Waals surface area contributed by atoms with Gasteiger partial charge in [0.1, 0.15) is 5.82 Å². The highest BCUT2D eigenvalue weighted by Gasteiger charge is 2.13. The lowest BCUT2D eigenvalue weighted by molar-refractivity contribution is -0.385. The van der Waals surface area contributed by atoms with Crippen LogP contribution in [0.25, 0.3) is 5.69 Å². The molecule has 0 spiro atoms. The van der Waals surface area contributed by atoms with Gasteiger partial charge in [-0.15, -0.1) is 5.10 Å². The third-order valence-electron chi connectivity index (χ3n) is 2.22. The Morgan fingerprint density at radius 1 is 1.47 bits per heavy atom. The maximum atomic E-state index is 13.2. The van der Waals surface area contributed by atoms with Crippen LogP contribution < -0.4 is 0 Å². The lowest BCUT2D eigenvalue weighted by Crippen LogP contribution is -2.00. The first-order valence-corrected chi connectivity index (χ1v) is 5.04. The third-order valence-corrected chi connectivity index (χ3v) is 2.22. The fraction of sp³-hybridized carbons (Fsp3) is 0.100. The predicted octanol–water partition coefficient (Wildman–Crippen LogP) is 0.942. The number of non-ortho nitro benzene ring substituents is 1. The minimum Gasteiger partial charge on any atom is -0.481 e. The number of carbonyl (C=O) groups is 1. The van der Waals surface area contributed by atoms with E-state index < -0.39 is 22.4 Å². The van der Waals surface area contributed by atoms with E-state index in [1.807, 2.05) is 0 Å². The van der Waals surface area contributed by atoms with E-state index in [1.165, 1.54) is 6.20 Å². The minimum atomic E-state index is -1.09. The molecule has 2 aromatic rings. The number of hydrogen-bond donors (Lipinski definition) is 1. The van der Waals surface area contributed by atoms with Crippen molar-refractivity contribution in [3.63, 3.8) is 0 Å². The zero-order chi connectivity index (χ0) is 14.0.